The van der Waals surface area contributed by atoms with Crippen LogP contribution < -0.4 is 11.1 Å². The number of amides is 1. The highest BCUT2D eigenvalue weighted by atomic mass is 16.6. The normalized spacial score (nSPS) is 15.4. The number of hydrogen-bond donors (Lipinski definition) is 2. The first-order valence-corrected chi connectivity index (χ1v) is 9.65. The van der Waals surface area contributed by atoms with Crippen molar-refractivity contribution in [2.45, 2.75) is 92.5 Å². The molecular weight excluding hydrogens is 348 g/mol. The van der Waals surface area contributed by atoms with E-state index < -0.39 is 41.6 Å². The Bertz CT molecular complexity index is 509. The molecule has 0 bridgehead atoms. The van der Waals surface area contributed by atoms with E-state index in [4.69, 9.17) is 15.2 Å². The van der Waals surface area contributed by atoms with Crippen LogP contribution in [0.25, 0.3) is 0 Å². The van der Waals surface area contributed by atoms with Gasteiger partial charge in [-0.15, -0.1) is 0 Å². The van der Waals surface area contributed by atoms with E-state index in [1.165, 1.54) is 0 Å². The van der Waals surface area contributed by atoms with E-state index in [9.17, 15) is 14.4 Å². The summed E-state index contributed by atoms with van der Waals surface area (Å²) >= 11 is 0. The molecule has 0 saturated carbocycles. The van der Waals surface area contributed by atoms with E-state index >= 15 is 0 Å². The molecule has 0 aliphatic carbocycles. The Hall–Kier alpha value is -1.63. The van der Waals surface area contributed by atoms with Gasteiger partial charge in [0, 0.05) is 0 Å². The number of nitrogens with one attached hydrogen (secondary N) is 1. The maximum Gasteiger partial charge on any atom is 0.329 e. The molecule has 0 radical (unpaired) electrons. The first-order valence-electron chi connectivity index (χ1n) is 9.65. The number of nitrogens with two attached hydrogens (primary N) is 1. The average molecular weight is 387 g/mol. The molecule has 0 fully saturated rings. The van der Waals surface area contributed by atoms with Crippen molar-refractivity contribution >= 4 is 17.8 Å². The molecule has 7 nitrogen and oxygen atoms in total. The van der Waals surface area contributed by atoms with Crippen molar-refractivity contribution in [1.29, 1.82) is 0 Å². The van der Waals surface area contributed by atoms with Gasteiger partial charge < -0.3 is 20.5 Å². The van der Waals surface area contributed by atoms with Crippen molar-refractivity contribution in [3.05, 3.63) is 0 Å². The third-order valence-electron chi connectivity index (χ3n) is 3.85. The van der Waals surface area contributed by atoms with Crippen LogP contribution in [0, 0.1) is 17.8 Å². The highest BCUT2D eigenvalue weighted by molar-refractivity contribution is 5.89. The van der Waals surface area contributed by atoms with Crippen LogP contribution >= 0.6 is 0 Å². The minimum Gasteiger partial charge on any atom is -0.458 e. The summed E-state index contributed by atoms with van der Waals surface area (Å²) in [5.41, 5.74) is 5.16. The number of carbonyl (C=O) groups excluding carboxylic acids is 3. The van der Waals surface area contributed by atoms with Crippen molar-refractivity contribution in [3.63, 3.8) is 0 Å². The highest BCUT2D eigenvalue weighted by Gasteiger charge is 2.34. The predicted octanol–water partition coefficient (Wildman–Crippen LogP) is 2.41. The third kappa shape index (κ3) is 9.75. The van der Waals surface area contributed by atoms with Gasteiger partial charge in [0.1, 0.15) is 17.7 Å². The average Bonchev–Trinajstić information content (AvgIpc) is 2.47. The Balaban J connectivity index is 5.28. The van der Waals surface area contributed by atoms with E-state index in [0.29, 0.717) is 6.42 Å². The van der Waals surface area contributed by atoms with Crippen molar-refractivity contribution in [3.8, 4) is 0 Å². The molecule has 7 heteroatoms. The van der Waals surface area contributed by atoms with Gasteiger partial charge in [-0.1, -0.05) is 41.5 Å². The molecule has 0 heterocycles. The largest absolute Gasteiger partial charge is 0.458 e. The second kappa shape index (κ2) is 10.6. The van der Waals surface area contributed by atoms with E-state index in [1.54, 1.807) is 34.6 Å². The maximum atomic E-state index is 12.8. The summed E-state index contributed by atoms with van der Waals surface area (Å²) in [6.07, 6.45) is -0.674. The molecule has 0 aromatic rings. The van der Waals surface area contributed by atoms with Gasteiger partial charge in [-0.2, -0.15) is 0 Å². The zero-order valence-corrected chi connectivity index (χ0v) is 18.3. The first kappa shape index (κ1) is 25.4. The number of ether oxygens (including phenoxy) is 2. The first-order chi connectivity index (χ1) is 12.2. The van der Waals surface area contributed by atoms with Crippen LogP contribution in [0.3, 0.4) is 0 Å². The molecule has 0 aliphatic rings. The monoisotopic (exact) mass is 386 g/mol. The number of rotatable bonds is 9. The lowest BCUT2D eigenvalue weighted by atomic mass is 10.0. The summed E-state index contributed by atoms with van der Waals surface area (Å²) in [6.45, 7) is 16.4. The fraction of sp³-hybridized carbons (Fsp3) is 0.850. The SMILES string of the molecule is CC(C)C[C@@H](OC(=O)[C@@H](N)C(C)C)C(=O)N[C@@H](C(=O)OC(C)(C)C)C(C)C. The summed E-state index contributed by atoms with van der Waals surface area (Å²) in [5, 5.41) is 2.69. The molecule has 0 unspecified atom stereocenters. The lowest BCUT2D eigenvalue weighted by Gasteiger charge is -2.28. The summed E-state index contributed by atoms with van der Waals surface area (Å²) < 4.78 is 10.8. The molecule has 0 saturated heterocycles. The number of hydrogen-bond acceptors (Lipinski definition) is 6. The minimum atomic E-state index is -1.01. The van der Waals surface area contributed by atoms with E-state index in [1.807, 2.05) is 27.7 Å². The Kier molecular flexibility index (Phi) is 10.00. The van der Waals surface area contributed by atoms with Gasteiger partial charge in [0.2, 0.25) is 0 Å². The fourth-order valence-corrected chi connectivity index (χ4v) is 2.24. The van der Waals surface area contributed by atoms with Gasteiger partial charge in [0.25, 0.3) is 5.91 Å². The van der Waals surface area contributed by atoms with Crippen molar-refractivity contribution < 1.29 is 23.9 Å². The van der Waals surface area contributed by atoms with Gasteiger partial charge in [0.15, 0.2) is 6.10 Å². The lowest BCUT2D eigenvalue weighted by molar-refractivity contribution is -0.163. The summed E-state index contributed by atoms with van der Waals surface area (Å²) in [5.74, 6) is -1.83. The molecule has 3 atom stereocenters. The number of carbonyl (C=O) groups is 3. The topological polar surface area (TPSA) is 108 Å². The molecule has 3 N–H and O–H groups in total. The molecule has 0 rings (SSSR count). The molecule has 0 aliphatic heterocycles. The van der Waals surface area contributed by atoms with Crippen LogP contribution in [0.5, 0.6) is 0 Å². The summed E-state index contributed by atoms with van der Waals surface area (Å²) in [7, 11) is 0. The van der Waals surface area contributed by atoms with E-state index in [2.05, 4.69) is 5.32 Å². The van der Waals surface area contributed by atoms with Crippen LogP contribution in [0.15, 0.2) is 0 Å². The van der Waals surface area contributed by atoms with Gasteiger partial charge in [-0.25, -0.2) is 4.79 Å². The molecule has 0 aromatic carbocycles. The molecule has 27 heavy (non-hydrogen) atoms. The highest BCUT2D eigenvalue weighted by Crippen LogP contribution is 2.15. The quantitative estimate of drug-likeness (QED) is 0.589. The van der Waals surface area contributed by atoms with Gasteiger partial charge >= 0.3 is 11.9 Å². The van der Waals surface area contributed by atoms with Crippen LogP contribution in [-0.2, 0) is 23.9 Å². The summed E-state index contributed by atoms with van der Waals surface area (Å²) in [6, 6.07) is -1.64. The molecule has 0 aromatic heterocycles. The number of esters is 2. The molecular formula is C20H38N2O5. The van der Waals surface area contributed by atoms with Crippen LogP contribution in [0.4, 0.5) is 0 Å². The van der Waals surface area contributed by atoms with Gasteiger partial charge in [-0.05, 0) is 44.9 Å². The van der Waals surface area contributed by atoms with Crippen LogP contribution in [0.1, 0.15) is 68.7 Å². The van der Waals surface area contributed by atoms with E-state index in [0.717, 1.165) is 0 Å². The Morgan fingerprint density at radius 1 is 0.926 bits per heavy atom. The zero-order valence-electron chi connectivity index (χ0n) is 18.3. The minimum absolute atomic E-state index is 0.106. The standard InChI is InChI=1S/C20H38N2O5/c1-11(2)10-14(26-18(24)15(21)12(3)4)17(23)22-16(13(5)6)19(25)27-20(7,8)9/h11-16H,10,21H2,1-9H3,(H,22,23)/t14-,15+,16-/m1/s1. The van der Waals surface area contributed by atoms with Gasteiger partial charge in [0.05, 0.1) is 0 Å². The third-order valence-corrected chi connectivity index (χ3v) is 3.85. The Morgan fingerprint density at radius 2 is 1.44 bits per heavy atom. The lowest BCUT2D eigenvalue weighted by Crippen LogP contribution is -2.52. The molecule has 0 spiro atoms. The zero-order chi connectivity index (χ0) is 21.5. The van der Waals surface area contributed by atoms with Crippen molar-refractivity contribution in [1.82, 2.24) is 5.32 Å². The smallest absolute Gasteiger partial charge is 0.329 e. The van der Waals surface area contributed by atoms with Crippen LogP contribution in [0.2, 0.25) is 0 Å². The van der Waals surface area contributed by atoms with Crippen LogP contribution in [-0.4, -0.2) is 41.6 Å². The fourth-order valence-electron chi connectivity index (χ4n) is 2.24. The van der Waals surface area contributed by atoms with Gasteiger partial charge in [-0.3, -0.25) is 9.59 Å². The predicted molar refractivity (Wildman–Crippen MR) is 105 cm³/mol. The molecule has 158 valence electrons. The van der Waals surface area contributed by atoms with Crippen molar-refractivity contribution in [2.24, 2.45) is 23.5 Å². The second-order valence-electron chi connectivity index (χ2n) is 9.09. The maximum absolute atomic E-state index is 12.8. The summed E-state index contributed by atoms with van der Waals surface area (Å²) in [4.78, 5) is 37.4. The Labute approximate surface area is 163 Å². The van der Waals surface area contributed by atoms with Crippen molar-refractivity contribution in [2.75, 3.05) is 0 Å². The van der Waals surface area contributed by atoms with E-state index in [-0.39, 0.29) is 17.8 Å². The molecule has 1 amide bonds. The second-order valence-corrected chi connectivity index (χ2v) is 9.09. The Morgan fingerprint density at radius 3 is 1.81 bits per heavy atom.